The first-order chi connectivity index (χ1) is 13.4. The van der Waals surface area contributed by atoms with E-state index in [0.717, 1.165) is 25.3 Å². The number of hydrogen-bond acceptors (Lipinski definition) is 1. The number of nitrogens with zero attached hydrogens (tertiary/aromatic N) is 1. The van der Waals surface area contributed by atoms with Crippen molar-refractivity contribution in [1.82, 2.24) is 9.88 Å². The van der Waals surface area contributed by atoms with E-state index in [1.54, 1.807) is 5.56 Å². The second-order valence-electron chi connectivity index (χ2n) is 8.12. The largest absolute Gasteiger partial charge is 0.357 e. The molecule has 2 heteroatoms. The highest BCUT2D eigenvalue weighted by Crippen LogP contribution is 2.39. The van der Waals surface area contributed by atoms with Crippen molar-refractivity contribution >= 4 is 17.0 Å². The van der Waals surface area contributed by atoms with Crippen LogP contribution in [0.15, 0.2) is 54.6 Å². The van der Waals surface area contributed by atoms with Gasteiger partial charge in [0.1, 0.15) is 0 Å². The molecule has 0 aliphatic carbocycles. The van der Waals surface area contributed by atoms with Crippen LogP contribution in [0.2, 0.25) is 0 Å². The number of piperidine rings is 1. The zero-order valence-corrected chi connectivity index (χ0v) is 16.0. The highest BCUT2D eigenvalue weighted by molar-refractivity contribution is 5.91. The van der Waals surface area contributed by atoms with E-state index in [-0.39, 0.29) is 0 Å². The number of unbranched alkanes of at least 4 members (excludes halogenated alkanes) is 1. The van der Waals surface area contributed by atoms with Crippen molar-refractivity contribution < 1.29 is 0 Å². The molecule has 138 valence electrons. The number of nitrogens with one attached hydrogen (secondary N) is 1. The molecule has 1 N–H and O–H groups in total. The molecule has 0 radical (unpaired) electrons. The fraction of sp³-hybridized carbons (Fsp3) is 0.360. The number of aromatic nitrogens is 1. The van der Waals surface area contributed by atoms with Crippen LogP contribution in [0.5, 0.6) is 0 Å². The first kappa shape index (κ1) is 16.8. The highest BCUT2D eigenvalue weighted by atomic mass is 15.1. The van der Waals surface area contributed by atoms with Gasteiger partial charge in [0.15, 0.2) is 0 Å². The molecule has 1 saturated heterocycles. The van der Waals surface area contributed by atoms with Gasteiger partial charge in [0.2, 0.25) is 0 Å². The van der Waals surface area contributed by atoms with Crippen LogP contribution in [0, 0.1) is 0 Å². The lowest BCUT2D eigenvalue weighted by molar-refractivity contribution is 0.220. The highest BCUT2D eigenvalue weighted by Gasteiger charge is 2.30. The van der Waals surface area contributed by atoms with Crippen molar-refractivity contribution in [2.75, 3.05) is 13.1 Å². The van der Waals surface area contributed by atoms with Gasteiger partial charge in [-0.1, -0.05) is 60.7 Å². The Morgan fingerprint density at radius 3 is 2.70 bits per heavy atom. The molecule has 3 aliphatic rings. The molecular weight excluding hydrogens is 328 g/mol. The van der Waals surface area contributed by atoms with E-state index >= 15 is 0 Å². The Morgan fingerprint density at radius 2 is 1.85 bits per heavy atom. The topological polar surface area (TPSA) is 19.0 Å². The molecule has 4 heterocycles. The van der Waals surface area contributed by atoms with E-state index in [1.165, 1.54) is 60.1 Å². The summed E-state index contributed by atoms with van der Waals surface area (Å²) in [7, 11) is 0. The van der Waals surface area contributed by atoms with Gasteiger partial charge in [-0.15, -0.1) is 0 Å². The van der Waals surface area contributed by atoms with Gasteiger partial charge in [-0.2, -0.15) is 0 Å². The Balaban J connectivity index is 1.34. The van der Waals surface area contributed by atoms with Crippen molar-refractivity contribution in [2.45, 2.75) is 44.6 Å². The first-order valence-electron chi connectivity index (χ1n) is 10.4. The molecule has 2 bridgehead atoms. The van der Waals surface area contributed by atoms with Crippen LogP contribution < -0.4 is 0 Å². The van der Waals surface area contributed by atoms with Crippen LogP contribution in [0.4, 0.5) is 0 Å². The van der Waals surface area contributed by atoms with Gasteiger partial charge in [-0.3, -0.25) is 4.90 Å². The molecule has 1 fully saturated rings. The monoisotopic (exact) mass is 356 g/mol. The summed E-state index contributed by atoms with van der Waals surface area (Å²) in [6.07, 6.45) is 10.8. The summed E-state index contributed by atoms with van der Waals surface area (Å²) < 4.78 is 0. The Hall–Kier alpha value is -2.32. The average molecular weight is 357 g/mol. The van der Waals surface area contributed by atoms with Gasteiger partial charge in [-0.25, -0.2) is 0 Å². The van der Waals surface area contributed by atoms with E-state index in [1.807, 2.05) is 0 Å². The van der Waals surface area contributed by atoms with Gasteiger partial charge in [-0.05, 0) is 61.9 Å². The summed E-state index contributed by atoms with van der Waals surface area (Å²) in [4.78, 5) is 6.47. The number of allylic oxidation sites excluding steroid dienone is 1. The molecule has 6 rings (SSSR count). The second kappa shape index (κ2) is 7.36. The molecule has 0 unspecified atom stereocenters. The zero-order valence-electron chi connectivity index (χ0n) is 16.0. The third-order valence-electron chi connectivity index (χ3n) is 6.36. The van der Waals surface area contributed by atoms with E-state index < -0.39 is 0 Å². The van der Waals surface area contributed by atoms with E-state index in [2.05, 4.69) is 70.6 Å². The average Bonchev–Trinajstić information content (AvgIpc) is 2.89. The van der Waals surface area contributed by atoms with Crippen LogP contribution in [0.1, 0.15) is 54.0 Å². The Labute approximate surface area is 161 Å². The minimum absolute atomic E-state index is 0.730. The number of hydrogen-bond donors (Lipinski definition) is 1. The maximum atomic E-state index is 3.84. The molecule has 3 aliphatic heterocycles. The number of fused-ring (bicyclic) bond motifs is 3. The summed E-state index contributed by atoms with van der Waals surface area (Å²) in [6.45, 7) is 3.64. The van der Waals surface area contributed by atoms with Gasteiger partial charge < -0.3 is 4.98 Å². The van der Waals surface area contributed by atoms with Gasteiger partial charge in [0.05, 0.1) is 5.52 Å². The minimum Gasteiger partial charge on any atom is -0.357 e. The fourth-order valence-electron chi connectivity index (χ4n) is 4.86. The van der Waals surface area contributed by atoms with Crippen LogP contribution >= 0.6 is 0 Å². The lowest BCUT2D eigenvalue weighted by Crippen LogP contribution is -2.29. The predicted molar refractivity (Wildman–Crippen MR) is 114 cm³/mol. The molecule has 0 saturated carbocycles. The molecule has 0 amide bonds. The van der Waals surface area contributed by atoms with Crippen molar-refractivity contribution in [3.63, 3.8) is 0 Å². The Morgan fingerprint density at radius 1 is 1.00 bits per heavy atom. The summed E-state index contributed by atoms with van der Waals surface area (Å²) in [5, 5.41) is 1.44. The number of H-pyrrole nitrogens is 1. The van der Waals surface area contributed by atoms with Crippen molar-refractivity contribution in [2.24, 2.45) is 0 Å². The number of rotatable bonds is 5. The van der Waals surface area contributed by atoms with Gasteiger partial charge in [0, 0.05) is 23.5 Å². The van der Waals surface area contributed by atoms with Gasteiger partial charge in [0.25, 0.3) is 0 Å². The van der Waals surface area contributed by atoms with Crippen LogP contribution in [0.25, 0.3) is 17.0 Å². The molecule has 2 nitrogen and oxygen atoms in total. The predicted octanol–water partition coefficient (Wildman–Crippen LogP) is 5.90. The summed E-state index contributed by atoms with van der Waals surface area (Å²) in [5.74, 6) is 0.730. The molecular formula is C25H28N2. The quantitative estimate of drug-likeness (QED) is 0.564. The molecule has 2 aromatic carbocycles. The van der Waals surface area contributed by atoms with Crippen molar-refractivity contribution in [3.05, 3.63) is 77.0 Å². The number of aryl methyl sites for hydroxylation is 1. The molecule has 1 aromatic heterocycles. The van der Waals surface area contributed by atoms with E-state index in [9.17, 15) is 0 Å². The third-order valence-corrected chi connectivity index (χ3v) is 6.36. The molecule has 0 spiro atoms. The first-order valence-corrected chi connectivity index (χ1v) is 10.4. The summed E-state index contributed by atoms with van der Waals surface area (Å²) in [5.41, 5.74) is 7.20. The molecule has 3 aromatic rings. The number of benzene rings is 2. The van der Waals surface area contributed by atoms with Crippen molar-refractivity contribution in [1.29, 1.82) is 0 Å². The fourth-order valence-corrected chi connectivity index (χ4v) is 4.86. The summed E-state index contributed by atoms with van der Waals surface area (Å²) in [6, 6.07) is 17.6. The second-order valence-corrected chi connectivity index (χ2v) is 8.12. The number of para-hydroxylation sites is 1. The standard InChI is InChI=1S/C25H28N2/c1-3-8-19(9-4-1)10-5-2-6-11-20-12-7-13-22-23-18-27-16-14-21(15-17-27)25(23)26-24(20)22/h1,3-4,6-9,11-13,21,26H,2,5,10,14-18H2/b11-6+. The smallest absolute Gasteiger partial charge is 0.0533 e. The lowest BCUT2D eigenvalue weighted by Gasteiger charge is -2.26. The van der Waals surface area contributed by atoms with Crippen molar-refractivity contribution in [3.8, 4) is 0 Å². The Kier molecular flexibility index (Phi) is 4.59. The van der Waals surface area contributed by atoms with Crippen LogP contribution in [0.3, 0.4) is 0 Å². The maximum Gasteiger partial charge on any atom is 0.0533 e. The zero-order chi connectivity index (χ0) is 18.1. The van der Waals surface area contributed by atoms with Crippen LogP contribution in [-0.4, -0.2) is 23.0 Å². The molecule has 0 atom stereocenters. The lowest BCUT2D eigenvalue weighted by atomic mass is 9.94. The minimum atomic E-state index is 0.730. The molecule has 27 heavy (non-hydrogen) atoms. The normalized spacial score (nSPS) is 21.6. The van der Waals surface area contributed by atoms with Crippen LogP contribution in [-0.2, 0) is 13.0 Å². The third kappa shape index (κ3) is 3.35. The van der Waals surface area contributed by atoms with Gasteiger partial charge >= 0.3 is 0 Å². The number of aromatic amines is 1. The summed E-state index contributed by atoms with van der Waals surface area (Å²) >= 11 is 0. The SMILES string of the molecule is C(=C\c1cccc2c3c([nH]c12)C1CCN(CC1)C3)/CCCc1ccccc1. The maximum absolute atomic E-state index is 3.84. The van der Waals surface area contributed by atoms with E-state index in [4.69, 9.17) is 0 Å². The Bertz CT molecular complexity index is 943. The van der Waals surface area contributed by atoms with E-state index in [0.29, 0.717) is 0 Å².